The minimum atomic E-state index is 0.151. The fraction of sp³-hybridized carbons (Fsp3) is 1.00. The third-order valence-corrected chi connectivity index (χ3v) is 6.40. The Morgan fingerprint density at radius 1 is 1.33 bits per heavy atom. The highest BCUT2D eigenvalue weighted by atomic mass is 32.2. The van der Waals surface area contributed by atoms with Gasteiger partial charge in [-0.25, -0.2) is 0 Å². The van der Waals surface area contributed by atoms with E-state index in [1.165, 1.54) is 17.9 Å². The predicted octanol–water partition coefficient (Wildman–Crippen LogP) is 1.96. The van der Waals surface area contributed by atoms with Gasteiger partial charge in [0.15, 0.2) is 0 Å². The monoisotopic (exact) mass is 272 g/mol. The van der Waals surface area contributed by atoms with Gasteiger partial charge >= 0.3 is 0 Å². The van der Waals surface area contributed by atoms with Gasteiger partial charge < -0.3 is 10.5 Å². The van der Waals surface area contributed by atoms with E-state index >= 15 is 0 Å². The van der Waals surface area contributed by atoms with Gasteiger partial charge in [-0.05, 0) is 37.5 Å². The normalized spacial score (nSPS) is 33.8. The highest BCUT2D eigenvalue weighted by Gasteiger charge is 2.50. The van der Waals surface area contributed by atoms with Crippen molar-refractivity contribution in [3.8, 4) is 0 Å². The summed E-state index contributed by atoms with van der Waals surface area (Å²) in [5.74, 6) is 2.45. The summed E-state index contributed by atoms with van der Waals surface area (Å²) >= 11 is 2.07. The molecule has 2 aliphatic heterocycles. The smallest absolute Gasteiger partial charge is 0.0480 e. The second-order valence-electron chi connectivity index (χ2n) is 6.38. The van der Waals surface area contributed by atoms with Crippen molar-refractivity contribution >= 4 is 11.8 Å². The van der Waals surface area contributed by atoms with Crippen molar-refractivity contribution < 1.29 is 4.74 Å². The molecular weight excluding hydrogens is 244 g/mol. The first-order valence-corrected chi connectivity index (χ1v) is 8.27. The Hall–Kier alpha value is 0.230. The van der Waals surface area contributed by atoms with Crippen LogP contribution in [-0.2, 0) is 4.74 Å². The van der Waals surface area contributed by atoms with E-state index in [4.69, 9.17) is 10.5 Å². The Morgan fingerprint density at radius 3 is 2.56 bits per heavy atom. The summed E-state index contributed by atoms with van der Waals surface area (Å²) in [6, 6.07) is 0.639. The number of hydrogen-bond donors (Lipinski definition) is 1. The molecule has 18 heavy (non-hydrogen) atoms. The molecule has 2 fully saturated rings. The van der Waals surface area contributed by atoms with Crippen LogP contribution in [-0.4, -0.2) is 54.8 Å². The molecule has 0 radical (unpaired) electrons. The molecule has 106 valence electrons. The Balaban J connectivity index is 2.18. The zero-order valence-corrected chi connectivity index (χ0v) is 12.9. The second kappa shape index (κ2) is 5.70. The summed E-state index contributed by atoms with van der Waals surface area (Å²) < 4.78 is 5.49. The molecule has 2 saturated heterocycles. The van der Waals surface area contributed by atoms with Crippen LogP contribution < -0.4 is 5.73 Å². The van der Waals surface area contributed by atoms with E-state index < -0.39 is 0 Å². The molecule has 0 aliphatic carbocycles. The van der Waals surface area contributed by atoms with Crippen LogP contribution >= 0.6 is 11.8 Å². The molecule has 0 amide bonds. The summed E-state index contributed by atoms with van der Waals surface area (Å²) in [7, 11) is 2.29. The van der Waals surface area contributed by atoms with Gasteiger partial charge in [0.2, 0.25) is 0 Å². The molecule has 2 rings (SSSR count). The Morgan fingerprint density at radius 2 is 2.00 bits per heavy atom. The van der Waals surface area contributed by atoms with Crippen molar-refractivity contribution in [3.63, 3.8) is 0 Å². The molecule has 0 aromatic heterocycles. The summed E-state index contributed by atoms with van der Waals surface area (Å²) in [6.07, 6.45) is 3.57. The SMILES string of the molecule is CN(C1CCOCC1)C1(CN)CSCCC1(C)C. The molecule has 4 heteroatoms. The van der Waals surface area contributed by atoms with E-state index in [0.717, 1.165) is 32.6 Å². The van der Waals surface area contributed by atoms with Gasteiger partial charge in [0.1, 0.15) is 0 Å². The molecule has 3 nitrogen and oxygen atoms in total. The lowest BCUT2D eigenvalue weighted by Gasteiger charge is -2.57. The van der Waals surface area contributed by atoms with Crippen LogP contribution in [0.2, 0.25) is 0 Å². The van der Waals surface area contributed by atoms with Crippen molar-refractivity contribution in [2.24, 2.45) is 11.1 Å². The molecular formula is C14H28N2OS. The number of likely N-dealkylation sites (N-methyl/N-ethyl adjacent to an activating group) is 1. The maximum Gasteiger partial charge on any atom is 0.0480 e. The fourth-order valence-electron chi connectivity index (χ4n) is 3.48. The van der Waals surface area contributed by atoms with Crippen molar-refractivity contribution in [1.29, 1.82) is 0 Å². The highest BCUT2D eigenvalue weighted by Crippen LogP contribution is 2.46. The Labute approximate surface area is 116 Å². The van der Waals surface area contributed by atoms with E-state index in [0.29, 0.717) is 11.5 Å². The number of nitrogens with zero attached hydrogens (tertiary/aromatic N) is 1. The van der Waals surface area contributed by atoms with Crippen molar-refractivity contribution in [2.75, 3.05) is 38.3 Å². The van der Waals surface area contributed by atoms with Crippen LogP contribution in [0.4, 0.5) is 0 Å². The Kier molecular flexibility index (Phi) is 4.63. The minimum absolute atomic E-state index is 0.151. The first kappa shape index (κ1) is 14.6. The second-order valence-corrected chi connectivity index (χ2v) is 7.48. The summed E-state index contributed by atoms with van der Waals surface area (Å²) in [5.41, 5.74) is 6.69. The van der Waals surface area contributed by atoms with E-state index in [-0.39, 0.29) is 5.54 Å². The molecule has 0 aromatic carbocycles. The first-order chi connectivity index (χ1) is 8.53. The molecule has 0 aromatic rings. The lowest BCUT2D eigenvalue weighted by atomic mass is 9.69. The van der Waals surface area contributed by atoms with Crippen molar-refractivity contribution in [1.82, 2.24) is 4.90 Å². The first-order valence-electron chi connectivity index (χ1n) is 7.12. The van der Waals surface area contributed by atoms with E-state index in [9.17, 15) is 0 Å². The lowest BCUT2D eigenvalue weighted by Crippen LogP contribution is -2.67. The van der Waals surface area contributed by atoms with Crippen LogP contribution in [0.25, 0.3) is 0 Å². The third kappa shape index (κ3) is 2.45. The Bertz CT molecular complexity index is 279. The van der Waals surface area contributed by atoms with Gasteiger partial charge in [0, 0.05) is 37.1 Å². The zero-order chi connectivity index (χ0) is 13.2. The summed E-state index contributed by atoms with van der Waals surface area (Å²) in [6.45, 7) is 7.37. The van der Waals surface area contributed by atoms with Crippen LogP contribution in [0, 0.1) is 5.41 Å². The molecule has 0 spiro atoms. The molecule has 2 aliphatic rings. The van der Waals surface area contributed by atoms with Gasteiger partial charge in [0.05, 0.1) is 0 Å². The lowest BCUT2D eigenvalue weighted by molar-refractivity contribution is -0.0448. The van der Waals surface area contributed by atoms with Crippen LogP contribution in [0.15, 0.2) is 0 Å². The average molecular weight is 272 g/mol. The molecule has 2 heterocycles. The zero-order valence-electron chi connectivity index (χ0n) is 12.1. The van der Waals surface area contributed by atoms with Crippen molar-refractivity contribution in [2.45, 2.75) is 44.7 Å². The number of rotatable bonds is 3. The number of nitrogens with two attached hydrogens (primary N) is 1. The maximum atomic E-state index is 6.24. The average Bonchev–Trinajstić information content (AvgIpc) is 2.39. The summed E-state index contributed by atoms with van der Waals surface area (Å²) in [4.78, 5) is 2.60. The molecule has 0 bridgehead atoms. The number of ether oxygens (including phenoxy) is 1. The van der Waals surface area contributed by atoms with Gasteiger partial charge in [-0.15, -0.1) is 0 Å². The number of hydrogen-bond acceptors (Lipinski definition) is 4. The largest absolute Gasteiger partial charge is 0.381 e. The van der Waals surface area contributed by atoms with Gasteiger partial charge in [0.25, 0.3) is 0 Å². The number of thioether (sulfide) groups is 1. The van der Waals surface area contributed by atoms with Crippen molar-refractivity contribution in [3.05, 3.63) is 0 Å². The highest BCUT2D eigenvalue weighted by molar-refractivity contribution is 7.99. The molecule has 0 saturated carbocycles. The predicted molar refractivity (Wildman–Crippen MR) is 79.1 cm³/mol. The fourth-order valence-corrected chi connectivity index (χ4v) is 5.33. The third-order valence-electron chi connectivity index (χ3n) is 5.22. The van der Waals surface area contributed by atoms with E-state index in [2.05, 4.69) is 37.6 Å². The van der Waals surface area contributed by atoms with E-state index in [1.54, 1.807) is 0 Å². The molecule has 1 atom stereocenters. The maximum absolute atomic E-state index is 6.24. The quantitative estimate of drug-likeness (QED) is 0.852. The van der Waals surface area contributed by atoms with Crippen LogP contribution in [0.1, 0.15) is 33.1 Å². The van der Waals surface area contributed by atoms with Crippen LogP contribution in [0.5, 0.6) is 0 Å². The van der Waals surface area contributed by atoms with E-state index in [1.807, 2.05) is 0 Å². The molecule has 1 unspecified atom stereocenters. The minimum Gasteiger partial charge on any atom is -0.381 e. The summed E-state index contributed by atoms with van der Waals surface area (Å²) in [5, 5.41) is 0. The van der Waals surface area contributed by atoms with Gasteiger partial charge in [-0.2, -0.15) is 11.8 Å². The molecule has 2 N–H and O–H groups in total. The standard InChI is InChI=1S/C14H28N2OS/c1-13(2)6-9-18-11-14(13,10-15)16(3)12-4-7-17-8-5-12/h12H,4-11,15H2,1-3H3. The van der Waals surface area contributed by atoms with Crippen LogP contribution in [0.3, 0.4) is 0 Å². The topological polar surface area (TPSA) is 38.5 Å². The van der Waals surface area contributed by atoms with Gasteiger partial charge in [-0.3, -0.25) is 4.90 Å². The van der Waals surface area contributed by atoms with Gasteiger partial charge in [-0.1, -0.05) is 13.8 Å².